The smallest absolute Gasteiger partial charge is 0.222 e. The van der Waals surface area contributed by atoms with Crippen molar-refractivity contribution >= 4 is 18.0 Å². The molecule has 1 atom stereocenters. The normalized spacial score (nSPS) is 11.9. The second-order valence-corrected chi connectivity index (χ2v) is 3.20. The summed E-state index contributed by atoms with van der Waals surface area (Å²) in [4.78, 5) is 33.8. The van der Waals surface area contributed by atoms with Crippen LogP contribution in [0, 0.1) is 5.92 Å². The first kappa shape index (κ1) is 11.8. The number of Topliss-reactive ketones (excluding diaryl/α,β-unsaturated/α-hetero) is 1. The Bertz CT molecular complexity index is 211. The summed E-state index contributed by atoms with van der Waals surface area (Å²) in [6, 6.07) is 0. The highest BCUT2D eigenvalue weighted by atomic mass is 16.2. The average molecular weight is 185 g/mol. The molecule has 0 saturated carbocycles. The summed E-state index contributed by atoms with van der Waals surface area (Å²) < 4.78 is 0. The summed E-state index contributed by atoms with van der Waals surface area (Å²) in [7, 11) is 3.25. The van der Waals surface area contributed by atoms with Crippen molar-refractivity contribution in [1.82, 2.24) is 4.90 Å². The van der Waals surface area contributed by atoms with Crippen LogP contribution in [0.25, 0.3) is 0 Å². The molecule has 1 unspecified atom stereocenters. The third-order valence-corrected chi connectivity index (χ3v) is 1.88. The Morgan fingerprint density at radius 2 is 1.92 bits per heavy atom. The zero-order valence-corrected chi connectivity index (χ0v) is 8.24. The van der Waals surface area contributed by atoms with Crippen LogP contribution in [-0.4, -0.2) is 37.0 Å². The van der Waals surface area contributed by atoms with E-state index in [-0.39, 0.29) is 24.5 Å². The Morgan fingerprint density at radius 3 is 2.23 bits per heavy atom. The second kappa shape index (κ2) is 5.45. The fourth-order valence-electron chi connectivity index (χ4n) is 0.903. The molecule has 0 bridgehead atoms. The maximum atomic E-state index is 11.2. The summed E-state index contributed by atoms with van der Waals surface area (Å²) in [5, 5.41) is 0. The van der Waals surface area contributed by atoms with Crippen LogP contribution < -0.4 is 0 Å². The van der Waals surface area contributed by atoms with Crippen molar-refractivity contribution in [3.8, 4) is 0 Å². The van der Waals surface area contributed by atoms with E-state index in [1.807, 2.05) is 0 Å². The largest absolute Gasteiger partial charge is 0.349 e. The minimum absolute atomic E-state index is 0.109. The lowest BCUT2D eigenvalue weighted by atomic mass is 9.97. The van der Waals surface area contributed by atoms with Gasteiger partial charge in [0.1, 0.15) is 12.1 Å². The van der Waals surface area contributed by atoms with E-state index in [9.17, 15) is 14.4 Å². The predicted molar refractivity (Wildman–Crippen MR) is 48.2 cm³/mol. The van der Waals surface area contributed by atoms with Crippen molar-refractivity contribution in [2.24, 2.45) is 5.92 Å². The van der Waals surface area contributed by atoms with E-state index in [4.69, 9.17) is 0 Å². The van der Waals surface area contributed by atoms with Gasteiger partial charge in [-0.25, -0.2) is 0 Å². The van der Waals surface area contributed by atoms with E-state index >= 15 is 0 Å². The van der Waals surface area contributed by atoms with Crippen molar-refractivity contribution in [2.75, 3.05) is 14.1 Å². The van der Waals surface area contributed by atoms with Crippen LogP contribution in [0.2, 0.25) is 0 Å². The molecule has 0 N–H and O–H groups in total. The van der Waals surface area contributed by atoms with Crippen molar-refractivity contribution in [3.63, 3.8) is 0 Å². The van der Waals surface area contributed by atoms with Crippen molar-refractivity contribution in [3.05, 3.63) is 0 Å². The van der Waals surface area contributed by atoms with Gasteiger partial charge in [0.05, 0.1) is 0 Å². The van der Waals surface area contributed by atoms with E-state index in [1.165, 1.54) is 11.8 Å². The van der Waals surface area contributed by atoms with E-state index < -0.39 is 5.92 Å². The van der Waals surface area contributed by atoms with Crippen LogP contribution in [-0.2, 0) is 14.4 Å². The Morgan fingerprint density at radius 1 is 1.38 bits per heavy atom. The number of hydrogen-bond donors (Lipinski definition) is 0. The van der Waals surface area contributed by atoms with Crippen molar-refractivity contribution < 1.29 is 14.4 Å². The van der Waals surface area contributed by atoms with E-state index in [0.717, 1.165) is 0 Å². The Balaban J connectivity index is 4.17. The molecule has 0 fully saturated rings. The molecule has 0 rings (SSSR count). The third-order valence-electron chi connectivity index (χ3n) is 1.88. The lowest BCUT2D eigenvalue weighted by Crippen LogP contribution is -2.26. The quantitative estimate of drug-likeness (QED) is 0.577. The topological polar surface area (TPSA) is 54.5 Å². The Labute approximate surface area is 77.9 Å². The summed E-state index contributed by atoms with van der Waals surface area (Å²) >= 11 is 0. The summed E-state index contributed by atoms with van der Waals surface area (Å²) in [5.74, 6) is -0.684. The molecule has 74 valence electrons. The SMILES string of the molecule is CC(=O)C(CC=O)CC(=O)N(C)C. The Kier molecular flexibility index (Phi) is 4.96. The molecule has 0 saturated heterocycles. The highest BCUT2D eigenvalue weighted by Gasteiger charge is 2.18. The van der Waals surface area contributed by atoms with Gasteiger partial charge >= 0.3 is 0 Å². The molecule has 4 heteroatoms. The first-order chi connectivity index (χ1) is 5.99. The number of rotatable bonds is 5. The molecule has 0 aromatic carbocycles. The minimum atomic E-state index is -0.451. The summed E-state index contributed by atoms with van der Waals surface area (Å²) in [6.45, 7) is 1.40. The van der Waals surface area contributed by atoms with Gasteiger partial charge in [0.25, 0.3) is 0 Å². The maximum Gasteiger partial charge on any atom is 0.222 e. The monoisotopic (exact) mass is 185 g/mol. The van der Waals surface area contributed by atoms with Crippen LogP contribution in [0.5, 0.6) is 0 Å². The van der Waals surface area contributed by atoms with Crippen LogP contribution in [0.15, 0.2) is 0 Å². The summed E-state index contributed by atoms with van der Waals surface area (Å²) in [5.41, 5.74) is 0. The number of amides is 1. The molecular weight excluding hydrogens is 170 g/mol. The molecule has 1 amide bonds. The summed E-state index contributed by atoms with van der Waals surface area (Å²) in [6.07, 6.45) is 0.936. The number of carbonyl (C=O) groups excluding carboxylic acids is 3. The lowest BCUT2D eigenvalue weighted by molar-refractivity contribution is -0.133. The van der Waals surface area contributed by atoms with Gasteiger partial charge in [0, 0.05) is 32.9 Å². The Hall–Kier alpha value is -1.19. The number of aldehydes is 1. The van der Waals surface area contributed by atoms with Gasteiger partial charge in [-0.2, -0.15) is 0 Å². The first-order valence-corrected chi connectivity index (χ1v) is 4.13. The average Bonchev–Trinajstić information content (AvgIpc) is 2.03. The zero-order chi connectivity index (χ0) is 10.4. The van der Waals surface area contributed by atoms with Crippen LogP contribution in [0.3, 0.4) is 0 Å². The first-order valence-electron chi connectivity index (χ1n) is 4.13. The molecule has 0 aliphatic rings. The number of nitrogens with zero attached hydrogens (tertiary/aromatic N) is 1. The lowest BCUT2D eigenvalue weighted by Gasteiger charge is -2.14. The zero-order valence-electron chi connectivity index (χ0n) is 8.24. The second-order valence-electron chi connectivity index (χ2n) is 3.20. The minimum Gasteiger partial charge on any atom is -0.349 e. The standard InChI is InChI=1S/C9H15NO3/c1-7(12)8(4-5-11)6-9(13)10(2)3/h5,8H,4,6H2,1-3H3. The third kappa shape index (κ3) is 4.40. The molecule has 0 radical (unpaired) electrons. The van der Waals surface area contributed by atoms with Crippen LogP contribution in [0.4, 0.5) is 0 Å². The highest BCUT2D eigenvalue weighted by Crippen LogP contribution is 2.09. The van der Waals surface area contributed by atoms with E-state index in [2.05, 4.69) is 0 Å². The van der Waals surface area contributed by atoms with Crippen molar-refractivity contribution in [1.29, 1.82) is 0 Å². The molecule has 0 aliphatic heterocycles. The predicted octanol–water partition coefficient (Wildman–Crippen LogP) is 0.259. The number of hydrogen-bond acceptors (Lipinski definition) is 3. The molecule has 0 aliphatic carbocycles. The van der Waals surface area contributed by atoms with E-state index in [0.29, 0.717) is 6.29 Å². The van der Waals surface area contributed by atoms with Crippen molar-refractivity contribution in [2.45, 2.75) is 19.8 Å². The number of ketones is 1. The molecule has 0 heterocycles. The van der Waals surface area contributed by atoms with Gasteiger partial charge in [-0.3, -0.25) is 9.59 Å². The van der Waals surface area contributed by atoms with Crippen LogP contribution in [0.1, 0.15) is 19.8 Å². The fourth-order valence-corrected chi connectivity index (χ4v) is 0.903. The van der Waals surface area contributed by atoms with Gasteiger partial charge in [0.2, 0.25) is 5.91 Å². The highest BCUT2D eigenvalue weighted by molar-refractivity contribution is 5.86. The van der Waals surface area contributed by atoms with Gasteiger partial charge in [0.15, 0.2) is 0 Å². The van der Waals surface area contributed by atoms with Crippen LogP contribution >= 0.6 is 0 Å². The van der Waals surface area contributed by atoms with Gasteiger partial charge in [-0.15, -0.1) is 0 Å². The maximum absolute atomic E-state index is 11.2. The molecule has 0 spiro atoms. The molecule has 0 aromatic heterocycles. The fraction of sp³-hybridized carbons (Fsp3) is 0.667. The van der Waals surface area contributed by atoms with Gasteiger partial charge < -0.3 is 9.69 Å². The molecule has 4 nitrogen and oxygen atoms in total. The number of carbonyl (C=O) groups is 3. The molecule has 13 heavy (non-hydrogen) atoms. The molecule has 0 aromatic rings. The van der Waals surface area contributed by atoms with Gasteiger partial charge in [-0.05, 0) is 6.92 Å². The van der Waals surface area contributed by atoms with Gasteiger partial charge in [-0.1, -0.05) is 0 Å². The van der Waals surface area contributed by atoms with E-state index in [1.54, 1.807) is 14.1 Å². The molecular formula is C9H15NO3.